The monoisotopic (exact) mass is 312 g/mol. The van der Waals surface area contributed by atoms with E-state index in [0.29, 0.717) is 11.3 Å². The molecule has 2 atom stereocenters. The summed E-state index contributed by atoms with van der Waals surface area (Å²) in [6, 6.07) is 2.02. The Bertz CT molecular complexity index is 576. The van der Waals surface area contributed by atoms with Gasteiger partial charge in [-0.2, -0.15) is 0 Å². The van der Waals surface area contributed by atoms with E-state index in [1.54, 1.807) is 6.07 Å². The van der Waals surface area contributed by atoms with Gasteiger partial charge in [0.25, 0.3) is 5.91 Å². The zero-order valence-electron chi connectivity index (χ0n) is 11.8. The molecule has 1 aliphatic rings. The minimum absolute atomic E-state index is 0.00670. The van der Waals surface area contributed by atoms with Crippen molar-refractivity contribution in [3.8, 4) is 0 Å². The molecule has 0 unspecified atom stereocenters. The van der Waals surface area contributed by atoms with Crippen LogP contribution in [0.5, 0.6) is 0 Å². The summed E-state index contributed by atoms with van der Waals surface area (Å²) in [4.78, 5) is 29.0. The van der Waals surface area contributed by atoms with Gasteiger partial charge in [0.1, 0.15) is 11.2 Å². The molecule has 0 radical (unpaired) electrons. The molecule has 6 nitrogen and oxygen atoms in total. The highest BCUT2D eigenvalue weighted by Gasteiger charge is 2.39. The van der Waals surface area contributed by atoms with E-state index in [2.05, 4.69) is 4.98 Å². The summed E-state index contributed by atoms with van der Waals surface area (Å²) in [7, 11) is 0. The Balaban J connectivity index is 2.33. The second-order valence-electron chi connectivity index (χ2n) is 5.46. The third-order valence-corrected chi connectivity index (χ3v) is 3.67. The molecule has 1 aromatic rings. The van der Waals surface area contributed by atoms with E-state index in [-0.39, 0.29) is 24.0 Å². The number of carboxylic acid groups (broad SMARTS) is 1. The number of carboxylic acids is 1. The number of likely N-dealkylation sites (tertiary alicyclic amines) is 1. The molecule has 2 heterocycles. The molecule has 21 heavy (non-hydrogen) atoms. The number of carbonyl (C=O) groups excluding carboxylic acids is 1. The number of hydrogen-bond acceptors (Lipinski definition) is 4. The van der Waals surface area contributed by atoms with E-state index >= 15 is 0 Å². The molecule has 0 saturated carbocycles. The third kappa shape index (κ3) is 3.33. The average molecular weight is 313 g/mol. The molecule has 0 aromatic carbocycles. The van der Waals surface area contributed by atoms with Gasteiger partial charge in [0.05, 0.1) is 6.10 Å². The van der Waals surface area contributed by atoms with Crippen LogP contribution in [0.2, 0.25) is 5.15 Å². The minimum Gasteiger partial charge on any atom is -0.480 e. The Hall–Kier alpha value is -1.66. The topological polar surface area (TPSA) is 90.7 Å². The highest BCUT2D eigenvalue weighted by atomic mass is 35.5. The van der Waals surface area contributed by atoms with Crippen molar-refractivity contribution in [2.75, 3.05) is 6.54 Å². The Kier molecular flexibility index (Phi) is 4.49. The molecule has 1 fully saturated rings. The lowest BCUT2D eigenvalue weighted by atomic mass is 10.1. The summed E-state index contributed by atoms with van der Waals surface area (Å²) in [6.45, 7) is 3.85. The van der Waals surface area contributed by atoms with Crippen molar-refractivity contribution >= 4 is 23.5 Å². The van der Waals surface area contributed by atoms with Crippen molar-refractivity contribution in [3.63, 3.8) is 0 Å². The number of halogens is 1. The maximum absolute atomic E-state index is 12.5. The Morgan fingerprint density at radius 3 is 2.67 bits per heavy atom. The summed E-state index contributed by atoms with van der Waals surface area (Å²) < 4.78 is 0. The van der Waals surface area contributed by atoms with Crippen molar-refractivity contribution in [3.05, 3.63) is 28.5 Å². The first kappa shape index (κ1) is 15.7. The van der Waals surface area contributed by atoms with E-state index in [1.807, 2.05) is 13.8 Å². The van der Waals surface area contributed by atoms with Gasteiger partial charge in [0.15, 0.2) is 0 Å². The van der Waals surface area contributed by atoms with Crippen molar-refractivity contribution < 1.29 is 19.8 Å². The van der Waals surface area contributed by atoms with Gasteiger partial charge in [-0.1, -0.05) is 25.4 Å². The summed E-state index contributed by atoms with van der Waals surface area (Å²) in [5.74, 6) is -1.48. The molecule has 1 aliphatic heterocycles. The predicted molar refractivity (Wildman–Crippen MR) is 76.4 cm³/mol. The number of pyridine rings is 1. The first-order valence-corrected chi connectivity index (χ1v) is 7.06. The molecular formula is C14H17ClN2O4. The van der Waals surface area contributed by atoms with E-state index in [9.17, 15) is 14.7 Å². The van der Waals surface area contributed by atoms with Crippen LogP contribution in [0.1, 0.15) is 42.2 Å². The van der Waals surface area contributed by atoms with Crippen LogP contribution in [-0.2, 0) is 4.79 Å². The first-order chi connectivity index (χ1) is 9.79. The van der Waals surface area contributed by atoms with E-state index < -0.39 is 24.0 Å². The molecule has 1 aromatic heterocycles. The van der Waals surface area contributed by atoms with Crippen LogP contribution in [0.4, 0.5) is 0 Å². The molecule has 114 valence electrons. The highest BCUT2D eigenvalue weighted by Crippen LogP contribution is 2.24. The Labute approximate surface area is 127 Å². The molecule has 7 heteroatoms. The number of aliphatic hydroxyl groups excluding tert-OH is 1. The van der Waals surface area contributed by atoms with Gasteiger partial charge >= 0.3 is 5.97 Å². The predicted octanol–water partition coefficient (Wildman–Crippen LogP) is 1.52. The van der Waals surface area contributed by atoms with E-state index in [0.717, 1.165) is 0 Å². The number of rotatable bonds is 3. The maximum atomic E-state index is 12.5. The standard InChI is InChI=1S/C14H17ClN2O4/c1-7(2)10-3-8(4-12(15)16-10)13(19)17-6-9(18)5-11(17)14(20)21/h3-4,7,9,11,18H,5-6H2,1-2H3,(H,20,21)/t9-,11-/m1/s1. The number of amides is 1. The quantitative estimate of drug-likeness (QED) is 0.826. The molecule has 0 spiro atoms. The number of hydrogen-bond donors (Lipinski definition) is 2. The fourth-order valence-corrected chi connectivity index (χ4v) is 2.59. The van der Waals surface area contributed by atoms with Gasteiger partial charge in [-0.15, -0.1) is 0 Å². The van der Waals surface area contributed by atoms with Crippen molar-refractivity contribution in [2.45, 2.75) is 38.3 Å². The summed E-state index contributed by atoms with van der Waals surface area (Å²) in [5, 5.41) is 19.0. The molecular weight excluding hydrogens is 296 g/mol. The molecule has 1 saturated heterocycles. The number of aromatic nitrogens is 1. The maximum Gasteiger partial charge on any atom is 0.326 e. The van der Waals surface area contributed by atoms with Gasteiger partial charge in [-0.25, -0.2) is 9.78 Å². The summed E-state index contributed by atoms with van der Waals surface area (Å²) >= 11 is 5.92. The second-order valence-corrected chi connectivity index (χ2v) is 5.85. The molecule has 2 rings (SSSR count). The Morgan fingerprint density at radius 1 is 1.43 bits per heavy atom. The SMILES string of the molecule is CC(C)c1cc(C(=O)N2C[C@H](O)C[C@@H]2C(=O)O)cc(Cl)n1. The number of β-amino-alcohol motifs (C(OH)–C–C–N with tert-alkyl or cyclic N) is 1. The number of aliphatic hydroxyl groups is 1. The molecule has 0 aliphatic carbocycles. The van der Waals surface area contributed by atoms with Crippen LogP contribution in [-0.4, -0.2) is 50.7 Å². The largest absolute Gasteiger partial charge is 0.480 e. The highest BCUT2D eigenvalue weighted by molar-refractivity contribution is 6.29. The zero-order valence-corrected chi connectivity index (χ0v) is 12.5. The Morgan fingerprint density at radius 2 is 2.10 bits per heavy atom. The lowest BCUT2D eigenvalue weighted by Gasteiger charge is -2.21. The van der Waals surface area contributed by atoms with Crippen LogP contribution < -0.4 is 0 Å². The first-order valence-electron chi connectivity index (χ1n) is 6.69. The fraction of sp³-hybridized carbons (Fsp3) is 0.500. The van der Waals surface area contributed by atoms with Crippen molar-refractivity contribution in [2.24, 2.45) is 0 Å². The van der Waals surface area contributed by atoms with Crippen molar-refractivity contribution in [1.29, 1.82) is 0 Å². The van der Waals surface area contributed by atoms with Gasteiger partial charge in [-0.3, -0.25) is 4.79 Å². The number of aliphatic carboxylic acids is 1. The second kappa shape index (κ2) is 5.99. The molecule has 2 N–H and O–H groups in total. The number of nitrogens with zero attached hydrogens (tertiary/aromatic N) is 2. The summed E-state index contributed by atoms with van der Waals surface area (Å²) in [6.07, 6.45) is -0.784. The molecule has 0 bridgehead atoms. The van der Waals surface area contributed by atoms with Crippen LogP contribution in [0.15, 0.2) is 12.1 Å². The minimum atomic E-state index is -1.12. The normalized spacial score (nSPS) is 21.9. The van der Waals surface area contributed by atoms with Gasteiger partial charge < -0.3 is 15.1 Å². The van der Waals surface area contributed by atoms with Crippen molar-refractivity contribution in [1.82, 2.24) is 9.88 Å². The third-order valence-electron chi connectivity index (χ3n) is 3.48. The fourth-order valence-electron chi connectivity index (χ4n) is 2.37. The van der Waals surface area contributed by atoms with Gasteiger partial charge in [0, 0.05) is 24.2 Å². The molecule has 1 amide bonds. The van der Waals surface area contributed by atoms with Crippen LogP contribution in [0.25, 0.3) is 0 Å². The summed E-state index contributed by atoms with van der Waals surface area (Å²) in [5.41, 5.74) is 0.955. The lowest BCUT2D eigenvalue weighted by molar-refractivity contribution is -0.141. The average Bonchev–Trinajstić information content (AvgIpc) is 2.79. The van der Waals surface area contributed by atoms with E-state index in [4.69, 9.17) is 16.7 Å². The van der Waals surface area contributed by atoms with Gasteiger partial charge in [-0.05, 0) is 18.1 Å². The lowest BCUT2D eigenvalue weighted by Crippen LogP contribution is -2.40. The van der Waals surface area contributed by atoms with Crippen LogP contribution in [0, 0.1) is 0 Å². The van der Waals surface area contributed by atoms with Crippen LogP contribution >= 0.6 is 11.6 Å². The van der Waals surface area contributed by atoms with Gasteiger partial charge in [0.2, 0.25) is 0 Å². The number of carbonyl (C=O) groups is 2. The zero-order chi connectivity index (χ0) is 15.7. The van der Waals surface area contributed by atoms with Crippen LogP contribution in [0.3, 0.4) is 0 Å². The smallest absolute Gasteiger partial charge is 0.326 e. The van der Waals surface area contributed by atoms with E-state index in [1.165, 1.54) is 11.0 Å².